The lowest BCUT2D eigenvalue weighted by Gasteiger charge is -2.21. The molecule has 7 rings (SSSR count). The number of halogens is 2. The molecule has 210 valence electrons. The Balaban J connectivity index is 1.24. The van der Waals surface area contributed by atoms with Crippen molar-refractivity contribution >= 4 is 62.1 Å². The Bertz CT molecular complexity index is 1980. The van der Waals surface area contributed by atoms with Crippen molar-refractivity contribution in [3.05, 3.63) is 148 Å². The van der Waals surface area contributed by atoms with E-state index in [1.54, 1.807) is 42.5 Å². The van der Waals surface area contributed by atoms with E-state index in [-0.39, 0.29) is 18.2 Å². The Morgan fingerprint density at radius 2 is 1.23 bits per heavy atom. The zero-order valence-corrected chi connectivity index (χ0v) is 24.6. The predicted molar refractivity (Wildman–Crippen MR) is 176 cm³/mol. The molecule has 6 heteroatoms. The van der Waals surface area contributed by atoms with E-state index in [1.807, 2.05) is 0 Å². The van der Waals surface area contributed by atoms with Gasteiger partial charge in [-0.1, -0.05) is 108 Å². The number of carbonyl (C=O) groups excluding carboxylic acids is 2. The van der Waals surface area contributed by atoms with Gasteiger partial charge in [0.2, 0.25) is 5.91 Å². The average Bonchev–Trinajstić information content (AvgIpc) is 3.18. The summed E-state index contributed by atoms with van der Waals surface area (Å²) >= 11 is 12.6. The van der Waals surface area contributed by atoms with Crippen LogP contribution in [0.3, 0.4) is 0 Å². The van der Waals surface area contributed by atoms with Gasteiger partial charge in [-0.25, -0.2) is 0 Å². The van der Waals surface area contributed by atoms with E-state index in [4.69, 9.17) is 23.2 Å². The molecule has 0 unspecified atom stereocenters. The molecule has 0 aliphatic carbocycles. The monoisotopic (exact) mass is 600 g/mol. The first-order chi connectivity index (χ1) is 21.0. The van der Waals surface area contributed by atoms with Gasteiger partial charge in [0.1, 0.15) is 0 Å². The van der Waals surface area contributed by atoms with Crippen LogP contribution in [0.5, 0.6) is 0 Å². The summed E-state index contributed by atoms with van der Waals surface area (Å²) in [7, 11) is 0. The summed E-state index contributed by atoms with van der Waals surface area (Å²) in [6.07, 6.45) is 0. The molecule has 0 saturated carbocycles. The Kier molecular flexibility index (Phi) is 7.20. The normalized spacial score (nSPS) is 12.9. The highest BCUT2D eigenvalue weighted by molar-refractivity contribution is 6.36. The third kappa shape index (κ3) is 5.19. The van der Waals surface area contributed by atoms with Crippen LogP contribution in [0.1, 0.15) is 27.0 Å². The number of ketones is 1. The number of fused-ring (bicyclic) bond motifs is 7. The molecule has 6 aromatic carbocycles. The number of rotatable bonds is 5. The lowest BCUT2D eigenvalue weighted by molar-refractivity contribution is -0.117. The highest BCUT2D eigenvalue weighted by Gasteiger charge is 2.25. The fourth-order valence-corrected chi connectivity index (χ4v) is 6.53. The Morgan fingerprint density at radius 1 is 0.651 bits per heavy atom. The van der Waals surface area contributed by atoms with Crippen LogP contribution in [-0.4, -0.2) is 23.1 Å². The number of amides is 1. The molecule has 1 aliphatic rings. The maximum Gasteiger partial charge on any atom is 0.238 e. The van der Waals surface area contributed by atoms with Crippen molar-refractivity contribution in [2.75, 3.05) is 11.9 Å². The zero-order chi connectivity index (χ0) is 29.5. The van der Waals surface area contributed by atoms with Gasteiger partial charge in [0, 0.05) is 29.2 Å². The standard InChI is InChI=1S/C37H26Cl2N2O2/c38-27-17-18-33(31(19-27)37(43)30-11-5-6-12-32(30)39)40-34(42)22-41-20-25-15-13-23-7-1-3-9-28(23)35(25)36-26(21-41)16-14-24-8-2-4-10-29(24)36/h1-19H,20-22H2,(H,40,42). The lowest BCUT2D eigenvalue weighted by atomic mass is 9.88. The Morgan fingerprint density at radius 3 is 1.86 bits per heavy atom. The summed E-state index contributed by atoms with van der Waals surface area (Å²) in [6.45, 7) is 1.34. The van der Waals surface area contributed by atoms with Gasteiger partial charge in [0.15, 0.2) is 5.78 Å². The van der Waals surface area contributed by atoms with Crippen LogP contribution >= 0.6 is 23.2 Å². The van der Waals surface area contributed by atoms with E-state index in [1.165, 1.54) is 43.8 Å². The number of nitrogens with one attached hydrogen (secondary N) is 1. The average molecular weight is 602 g/mol. The van der Waals surface area contributed by atoms with E-state index in [2.05, 4.69) is 83.0 Å². The molecule has 1 aliphatic heterocycles. The smallest absolute Gasteiger partial charge is 0.238 e. The number of carbonyl (C=O) groups is 2. The molecule has 6 aromatic rings. The molecule has 0 atom stereocenters. The van der Waals surface area contributed by atoms with Crippen LogP contribution in [0.25, 0.3) is 32.7 Å². The molecule has 43 heavy (non-hydrogen) atoms. The molecule has 0 saturated heterocycles. The molecule has 0 spiro atoms. The second-order valence-corrected chi connectivity index (χ2v) is 11.7. The molecule has 0 bridgehead atoms. The maximum atomic E-state index is 13.6. The summed E-state index contributed by atoms with van der Waals surface area (Å²) < 4.78 is 0. The first-order valence-corrected chi connectivity index (χ1v) is 14.8. The number of hydrogen-bond acceptors (Lipinski definition) is 3. The SMILES string of the molecule is O=C(CN1Cc2ccc3ccccc3c2-c2c(ccc3ccccc23)C1)Nc1ccc(Cl)cc1C(=O)c1ccccc1Cl. The summed E-state index contributed by atoms with van der Waals surface area (Å²) in [6, 6.07) is 37.3. The number of hydrogen-bond donors (Lipinski definition) is 1. The van der Waals surface area contributed by atoms with Gasteiger partial charge in [0.25, 0.3) is 0 Å². The zero-order valence-electron chi connectivity index (χ0n) is 23.1. The summed E-state index contributed by atoms with van der Waals surface area (Å²) in [5.41, 5.74) is 5.81. The van der Waals surface area contributed by atoms with E-state index in [9.17, 15) is 9.59 Å². The fraction of sp³-hybridized carbons (Fsp3) is 0.0811. The molecule has 1 amide bonds. The van der Waals surface area contributed by atoms with Crippen LogP contribution in [0.4, 0.5) is 5.69 Å². The van der Waals surface area contributed by atoms with Crippen LogP contribution < -0.4 is 5.32 Å². The third-order valence-corrected chi connectivity index (χ3v) is 8.62. The van der Waals surface area contributed by atoms with Crippen LogP contribution in [0.2, 0.25) is 10.0 Å². The largest absolute Gasteiger partial charge is 0.324 e. The van der Waals surface area contributed by atoms with Crippen LogP contribution in [-0.2, 0) is 17.9 Å². The summed E-state index contributed by atoms with van der Waals surface area (Å²) in [4.78, 5) is 29.2. The second-order valence-electron chi connectivity index (χ2n) is 10.8. The van der Waals surface area contributed by atoms with Crippen molar-refractivity contribution in [3.63, 3.8) is 0 Å². The molecule has 0 radical (unpaired) electrons. The molecular formula is C37H26Cl2N2O2. The van der Waals surface area contributed by atoms with E-state index >= 15 is 0 Å². The van der Waals surface area contributed by atoms with Gasteiger partial charge in [-0.3, -0.25) is 14.5 Å². The third-order valence-electron chi connectivity index (χ3n) is 8.05. The van der Waals surface area contributed by atoms with Crippen molar-refractivity contribution in [2.24, 2.45) is 0 Å². The molecule has 1 N–H and O–H groups in total. The van der Waals surface area contributed by atoms with Gasteiger partial charge in [0.05, 0.1) is 17.3 Å². The van der Waals surface area contributed by atoms with Gasteiger partial charge >= 0.3 is 0 Å². The second kappa shape index (κ2) is 11.3. The molecule has 1 heterocycles. The Hall–Kier alpha value is -4.48. The summed E-state index contributed by atoms with van der Waals surface area (Å²) in [5, 5.41) is 8.49. The van der Waals surface area contributed by atoms with E-state index in [0.717, 1.165) is 0 Å². The highest BCUT2D eigenvalue weighted by Crippen LogP contribution is 2.42. The van der Waals surface area contributed by atoms with Crippen molar-refractivity contribution < 1.29 is 9.59 Å². The number of benzene rings is 6. The molecular weight excluding hydrogens is 575 g/mol. The van der Waals surface area contributed by atoms with Gasteiger partial charge in [-0.05, 0) is 74.1 Å². The van der Waals surface area contributed by atoms with Crippen molar-refractivity contribution in [3.8, 4) is 11.1 Å². The molecule has 0 aromatic heterocycles. The fourth-order valence-electron chi connectivity index (χ4n) is 6.13. The van der Waals surface area contributed by atoms with E-state index < -0.39 is 0 Å². The minimum Gasteiger partial charge on any atom is -0.324 e. The minimum absolute atomic E-state index is 0.140. The highest BCUT2D eigenvalue weighted by atomic mass is 35.5. The number of anilines is 1. The molecule has 4 nitrogen and oxygen atoms in total. The summed E-state index contributed by atoms with van der Waals surface area (Å²) in [5.74, 6) is -0.526. The van der Waals surface area contributed by atoms with Crippen LogP contribution in [0, 0.1) is 0 Å². The van der Waals surface area contributed by atoms with Gasteiger partial charge in [-0.15, -0.1) is 0 Å². The quantitative estimate of drug-likeness (QED) is 0.201. The first kappa shape index (κ1) is 27.4. The topological polar surface area (TPSA) is 49.4 Å². The van der Waals surface area contributed by atoms with Gasteiger partial charge < -0.3 is 5.32 Å². The van der Waals surface area contributed by atoms with Gasteiger partial charge in [-0.2, -0.15) is 0 Å². The minimum atomic E-state index is -0.306. The predicted octanol–water partition coefficient (Wildman–Crippen LogP) is 9.15. The first-order valence-electron chi connectivity index (χ1n) is 14.1. The Labute approximate surface area is 259 Å². The molecule has 0 fully saturated rings. The maximum absolute atomic E-state index is 13.6. The van der Waals surface area contributed by atoms with Crippen LogP contribution in [0.15, 0.2) is 115 Å². The number of nitrogens with zero attached hydrogens (tertiary/aromatic N) is 1. The van der Waals surface area contributed by atoms with Crippen molar-refractivity contribution in [2.45, 2.75) is 13.1 Å². The van der Waals surface area contributed by atoms with E-state index in [0.29, 0.717) is 39.9 Å². The van der Waals surface area contributed by atoms with Crippen molar-refractivity contribution in [1.82, 2.24) is 4.90 Å². The lowest BCUT2D eigenvalue weighted by Crippen LogP contribution is -2.32. The van der Waals surface area contributed by atoms with Crippen molar-refractivity contribution in [1.29, 1.82) is 0 Å².